The minimum atomic E-state index is -0.907. The lowest BCUT2D eigenvalue weighted by atomic mass is 10.1. The Morgan fingerprint density at radius 2 is 2.10 bits per heavy atom. The molecule has 2 aromatic rings. The molecule has 112 valence electrons. The Morgan fingerprint density at radius 1 is 1.38 bits per heavy atom. The Hall–Kier alpha value is -2.48. The van der Waals surface area contributed by atoms with Crippen molar-refractivity contribution >= 4 is 11.9 Å². The quantitative estimate of drug-likeness (QED) is 0.661. The van der Waals surface area contributed by atoms with E-state index in [9.17, 15) is 9.90 Å². The van der Waals surface area contributed by atoms with Crippen LogP contribution in [0.2, 0.25) is 0 Å². The third kappa shape index (κ3) is 4.25. The molecule has 8 heteroatoms. The van der Waals surface area contributed by atoms with Crippen LogP contribution in [0.1, 0.15) is 11.3 Å². The number of hydrogen-bond donors (Lipinski definition) is 3. The second kappa shape index (κ2) is 6.80. The van der Waals surface area contributed by atoms with Gasteiger partial charge in [-0.05, 0) is 0 Å². The maximum Gasteiger partial charge on any atom is 0.321 e. The summed E-state index contributed by atoms with van der Waals surface area (Å²) in [6, 6.07) is -0.695. The molecule has 0 aromatic carbocycles. The van der Waals surface area contributed by atoms with E-state index in [4.69, 9.17) is 0 Å². The normalized spacial score (nSPS) is 12.1. The molecule has 8 nitrogen and oxygen atoms in total. The summed E-state index contributed by atoms with van der Waals surface area (Å²) in [4.78, 5) is 28.2. The van der Waals surface area contributed by atoms with Gasteiger partial charge in [-0.1, -0.05) is 0 Å². The van der Waals surface area contributed by atoms with Crippen LogP contribution in [0.5, 0.6) is 0 Å². The van der Waals surface area contributed by atoms with Crippen molar-refractivity contribution in [2.24, 2.45) is 0 Å². The van der Waals surface area contributed by atoms with E-state index in [0.717, 1.165) is 11.3 Å². The third-order valence-electron chi connectivity index (χ3n) is 2.92. The average Bonchev–Trinajstić information content (AvgIpc) is 2.96. The van der Waals surface area contributed by atoms with Crippen LogP contribution in [-0.4, -0.2) is 51.1 Å². The fourth-order valence-electron chi connectivity index (χ4n) is 1.77. The summed E-state index contributed by atoms with van der Waals surface area (Å²) < 4.78 is 0. The van der Waals surface area contributed by atoms with Crippen LogP contribution in [0, 0.1) is 0 Å². The van der Waals surface area contributed by atoms with Gasteiger partial charge in [0.2, 0.25) is 5.95 Å². The van der Waals surface area contributed by atoms with Gasteiger partial charge in [0.05, 0.1) is 6.33 Å². The molecule has 0 aliphatic carbocycles. The summed E-state index contributed by atoms with van der Waals surface area (Å²) in [6.45, 7) is 0.388. The zero-order chi connectivity index (χ0) is 15.2. The number of imidazole rings is 1. The molecule has 0 saturated heterocycles. The first-order valence-corrected chi connectivity index (χ1v) is 6.48. The molecule has 0 radical (unpaired) electrons. The molecule has 1 atom stereocenters. The second-order valence-electron chi connectivity index (χ2n) is 4.84. The minimum Gasteiger partial charge on any atom is -0.480 e. The maximum atomic E-state index is 11.3. The molecular formula is C13H18N6O2. The van der Waals surface area contributed by atoms with Crippen LogP contribution in [0.4, 0.5) is 5.95 Å². The van der Waals surface area contributed by atoms with Crippen LogP contribution in [0.15, 0.2) is 24.9 Å². The van der Waals surface area contributed by atoms with Crippen LogP contribution < -0.4 is 10.2 Å². The third-order valence-corrected chi connectivity index (χ3v) is 2.92. The molecule has 21 heavy (non-hydrogen) atoms. The number of nitrogens with zero attached hydrogens (tertiary/aromatic N) is 4. The number of rotatable bonds is 7. The Morgan fingerprint density at radius 3 is 2.62 bits per heavy atom. The molecule has 2 aromatic heterocycles. The summed E-state index contributed by atoms with van der Waals surface area (Å²) in [5.41, 5.74) is 1.60. The van der Waals surface area contributed by atoms with E-state index in [-0.39, 0.29) is 0 Å². The highest BCUT2D eigenvalue weighted by Gasteiger charge is 2.18. The highest BCUT2D eigenvalue weighted by atomic mass is 16.4. The van der Waals surface area contributed by atoms with E-state index in [2.05, 4.69) is 25.3 Å². The number of aromatic amines is 1. The lowest BCUT2D eigenvalue weighted by Crippen LogP contribution is -2.38. The number of carboxylic acids is 1. The Bertz CT molecular complexity index is 567. The second-order valence-corrected chi connectivity index (χ2v) is 4.84. The summed E-state index contributed by atoms with van der Waals surface area (Å²) in [6.07, 6.45) is 6.86. The first kappa shape index (κ1) is 14.9. The van der Waals surface area contributed by atoms with Gasteiger partial charge in [-0.25, -0.2) is 15.0 Å². The van der Waals surface area contributed by atoms with Crippen molar-refractivity contribution in [2.75, 3.05) is 19.0 Å². The van der Waals surface area contributed by atoms with E-state index in [0.29, 0.717) is 18.9 Å². The fourth-order valence-corrected chi connectivity index (χ4v) is 1.77. The van der Waals surface area contributed by atoms with Crippen molar-refractivity contribution in [1.82, 2.24) is 25.3 Å². The highest BCUT2D eigenvalue weighted by Crippen LogP contribution is 2.04. The summed E-state index contributed by atoms with van der Waals surface area (Å²) in [5.74, 6) is -0.290. The number of anilines is 1. The Labute approximate surface area is 122 Å². The highest BCUT2D eigenvalue weighted by molar-refractivity contribution is 5.73. The van der Waals surface area contributed by atoms with E-state index >= 15 is 0 Å². The molecule has 0 spiro atoms. The number of carboxylic acid groups (broad SMARTS) is 1. The molecule has 0 unspecified atom stereocenters. The first-order chi connectivity index (χ1) is 10.1. The predicted octanol–water partition coefficient (Wildman–Crippen LogP) is 0.0512. The van der Waals surface area contributed by atoms with Gasteiger partial charge in [0, 0.05) is 56.9 Å². The number of H-pyrrole nitrogens is 1. The van der Waals surface area contributed by atoms with E-state index in [1.165, 1.54) is 6.33 Å². The van der Waals surface area contributed by atoms with Gasteiger partial charge < -0.3 is 15.0 Å². The average molecular weight is 290 g/mol. The van der Waals surface area contributed by atoms with Crippen molar-refractivity contribution in [1.29, 1.82) is 0 Å². The molecule has 2 heterocycles. The lowest BCUT2D eigenvalue weighted by molar-refractivity contribution is -0.139. The van der Waals surface area contributed by atoms with Gasteiger partial charge in [0.25, 0.3) is 0 Å². The molecular weight excluding hydrogens is 272 g/mol. The molecule has 2 rings (SSSR count). The van der Waals surface area contributed by atoms with Crippen LogP contribution in [0.3, 0.4) is 0 Å². The van der Waals surface area contributed by atoms with Gasteiger partial charge in [-0.2, -0.15) is 0 Å². The minimum absolute atomic E-state index is 0.339. The van der Waals surface area contributed by atoms with Gasteiger partial charge in [-0.3, -0.25) is 10.1 Å². The standard InChI is InChI=1S/C13H18N6O2/c1-19(2)13-16-5-9(6-17-13)4-15-11(12(20)21)3-10-7-14-8-18-10/h5-8,11,15H,3-4H2,1-2H3,(H,14,18)(H,20,21)/t11-/m0/s1. The van der Waals surface area contributed by atoms with Crippen molar-refractivity contribution < 1.29 is 9.90 Å². The van der Waals surface area contributed by atoms with Crippen molar-refractivity contribution in [3.63, 3.8) is 0 Å². The predicted molar refractivity (Wildman–Crippen MR) is 76.9 cm³/mol. The number of nitrogens with one attached hydrogen (secondary N) is 2. The van der Waals surface area contributed by atoms with Gasteiger partial charge >= 0.3 is 5.97 Å². The molecule has 3 N–H and O–H groups in total. The number of aromatic nitrogens is 4. The summed E-state index contributed by atoms with van der Waals surface area (Å²) in [7, 11) is 3.72. The van der Waals surface area contributed by atoms with Gasteiger partial charge in [-0.15, -0.1) is 0 Å². The van der Waals surface area contributed by atoms with Crippen molar-refractivity contribution in [3.8, 4) is 0 Å². The zero-order valence-corrected chi connectivity index (χ0v) is 11.9. The first-order valence-electron chi connectivity index (χ1n) is 6.48. The van der Waals surface area contributed by atoms with Crippen molar-refractivity contribution in [2.45, 2.75) is 19.0 Å². The number of aliphatic carboxylic acids is 1. The molecule has 0 aliphatic rings. The number of carbonyl (C=O) groups is 1. The molecule has 0 bridgehead atoms. The topological polar surface area (TPSA) is 107 Å². The van der Waals surface area contributed by atoms with E-state index in [1.807, 2.05) is 14.1 Å². The Balaban J connectivity index is 1.93. The number of hydrogen-bond acceptors (Lipinski definition) is 6. The lowest BCUT2D eigenvalue weighted by Gasteiger charge is -2.14. The van der Waals surface area contributed by atoms with Crippen LogP contribution in [0.25, 0.3) is 0 Å². The SMILES string of the molecule is CN(C)c1ncc(CN[C@@H](Cc2cnc[nH]2)C(=O)O)cn1. The Kier molecular flexibility index (Phi) is 4.83. The van der Waals surface area contributed by atoms with Crippen LogP contribution >= 0.6 is 0 Å². The van der Waals surface area contributed by atoms with Crippen molar-refractivity contribution in [3.05, 3.63) is 36.2 Å². The molecule has 0 saturated carbocycles. The van der Waals surface area contributed by atoms with Crippen LogP contribution in [-0.2, 0) is 17.8 Å². The van der Waals surface area contributed by atoms with Gasteiger partial charge in [0.1, 0.15) is 6.04 Å². The zero-order valence-electron chi connectivity index (χ0n) is 11.9. The van der Waals surface area contributed by atoms with E-state index < -0.39 is 12.0 Å². The largest absolute Gasteiger partial charge is 0.480 e. The van der Waals surface area contributed by atoms with Gasteiger partial charge in [0.15, 0.2) is 0 Å². The monoisotopic (exact) mass is 290 g/mol. The molecule has 0 aliphatic heterocycles. The van der Waals surface area contributed by atoms with E-state index in [1.54, 1.807) is 23.5 Å². The fraction of sp³-hybridized carbons (Fsp3) is 0.385. The smallest absolute Gasteiger partial charge is 0.321 e. The molecule has 0 amide bonds. The summed E-state index contributed by atoms with van der Waals surface area (Å²) >= 11 is 0. The maximum absolute atomic E-state index is 11.3. The molecule has 0 fully saturated rings. The summed E-state index contributed by atoms with van der Waals surface area (Å²) in [5, 5.41) is 12.2.